The molecular weight excluding hydrogens is 468 g/mol. The molecule has 0 unspecified atom stereocenters. The quantitative estimate of drug-likeness (QED) is 0.580. The van der Waals surface area contributed by atoms with E-state index in [1.54, 1.807) is 24.2 Å². The summed E-state index contributed by atoms with van der Waals surface area (Å²) >= 11 is 3.41. The van der Waals surface area contributed by atoms with Crippen molar-refractivity contribution in [2.45, 2.75) is 0 Å². The first kappa shape index (κ1) is 22.3. The number of sulfonamides is 1. The number of ether oxygens (including phenoxy) is 1. The molecule has 2 aromatic carbocycles. The maximum absolute atomic E-state index is 12.6. The van der Waals surface area contributed by atoms with Crippen LogP contribution in [0.5, 0.6) is 5.75 Å². The molecule has 1 heterocycles. The summed E-state index contributed by atoms with van der Waals surface area (Å²) in [5.41, 5.74) is 1.61. The Bertz CT molecular complexity index is 1040. The Hall–Kier alpha value is -2.42. The van der Waals surface area contributed by atoms with Gasteiger partial charge in [0.1, 0.15) is 5.75 Å². The number of carbonyl (C=O) groups is 1. The van der Waals surface area contributed by atoms with Crippen molar-refractivity contribution in [3.05, 3.63) is 75.6 Å². The number of halogens is 1. The number of carbonyl (C=O) groups excluding carboxylic acids is 1. The van der Waals surface area contributed by atoms with Gasteiger partial charge in [0.2, 0.25) is 15.9 Å². The summed E-state index contributed by atoms with van der Waals surface area (Å²) in [6, 6.07) is 14.8. The Balaban J connectivity index is 1.59. The van der Waals surface area contributed by atoms with Gasteiger partial charge in [0.05, 0.1) is 7.11 Å². The number of hydrogen-bond donors (Lipinski definition) is 0. The molecule has 1 amide bonds. The molecule has 0 spiro atoms. The topological polar surface area (TPSA) is 66.9 Å². The van der Waals surface area contributed by atoms with Crippen LogP contribution in [0, 0.1) is 0 Å². The molecule has 2 aromatic rings. The summed E-state index contributed by atoms with van der Waals surface area (Å²) in [6.45, 7) is 1.22. The molecule has 0 atom stereocenters. The highest BCUT2D eigenvalue weighted by atomic mass is 79.9. The molecule has 6 nitrogen and oxygen atoms in total. The zero-order valence-electron chi connectivity index (χ0n) is 16.6. The summed E-state index contributed by atoms with van der Waals surface area (Å²) in [6.07, 6.45) is 4.78. The van der Waals surface area contributed by atoms with Crippen LogP contribution in [-0.2, 0) is 14.8 Å². The van der Waals surface area contributed by atoms with Crippen molar-refractivity contribution in [2.75, 3.05) is 33.3 Å². The molecule has 1 aliphatic heterocycles. The fraction of sp³-hybridized carbons (Fsp3) is 0.227. The summed E-state index contributed by atoms with van der Waals surface area (Å²) in [7, 11) is -1.95. The Labute approximate surface area is 185 Å². The maximum Gasteiger partial charge on any atom is 0.246 e. The molecule has 1 saturated heterocycles. The lowest BCUT2D eigenvalue weighted by atomic mass is 10.2. The lowest BCUT2D eigenvalue weighted by Gasteiger charge is -2.32. The fourth-order valence-corrected chi connectivity index (χ4v) is 4.63. The predicted molar refractivity (Wildman–Crippen MR) is 122 cm³/mol. The van der Waals surface area contributed by atoms with E-state index in [0.29, 0.717) is 18.8 Å². The minimum atomic E-state index is -3.52. The van der Waals surface area contributed by atoms with Gasteiger partial charge in [-0.3, -0.25) is 4.79 Å². The van der Waals surface area contributed by atoms with Crippen molar-refractivity contribution >= 4 is 44.0 Å². The third-order valence-electron chi connectivity index (χ3n) is 4.74. The van der Waals surface area contributed by atoms with Gasteiger partial charge in [-0.05, 0) is 35.9 Å². The Morgan fingerprint density at radius 1 is 1.03 bits per heavy atom. The average molecular weight is 491 g/mol. The van der Waals surface area contributed by atoms with Crippen molar-refractivity contribution in [3.63, 3.8) is 0 Å². The van der Waals surface area contributed by atoms with Crippen molar-refractivity contribution < 1.29 is 17.9 Å². The number of nitrogens with zero attached hydrogens (tertiary/aromatic N) is 2. The fourth-order valence-electron chi connectivity index (χ4n) is 3.08. The van der Waals surface area contributed by atoms with E-state index in [0.717, 1.165) is 15.6 Å². The first-order valence-electron chi connectivity index (χ1n) is 9.43. The smallest absolute Gasteiger partial charge is 0.246 e. The van der Waals surface area contributed by atoms with E-state index in [2.05, 4.69) is 15.9 Å². The van der Waals surface area contributed by atoms with Gasteiger partial charge < -0.3 is 9.64 Å². The summed E-state index contributed by atoms with van der Waals surface area (Å²) < 4.78 is 32.7. The van der Waals surface area contributed by atoms with Crippen LogP contribution < -0.4 is 4.74 Å². The molecule has 158 valence electrons. The molecule has 0 N–H and O–H groups in total. The molecule has 0 aromatic heterocycles. The van der Waals surface area contributed by atoms with E-state index < -0.39 is 10.0 Å². The minimum Gasteiger partial charge on any atom is -0.496 e. The number of benzene rings is 2. The molecule has 1 aliphatic rings. The monoisotopic (exact) mass is 490 g/mol. The molecule has 3 rings (SSSR count). The van der Waals surface area contributed by atoms with Crippen LogP contribution in [0.3, 0.4) is 0 Å². The number of rotatable bonds is 6. The second-order valence-corrected chi connectivity index (χ2v) is 9.44. The highest BCUT2D eigenvalue weighted by Crippen LogP contribution is 2.24. The zero-order chi connectivity index (χ0) is 21.6. The lowest BCUT2D eigenvalue weighted by Crippen LogP contribution is -2.49. The van der Waals surface area contributed by atoms with Crippen LogP contribution in [0.4, 0.5) is 0 Å². The Morgan fingerprint density at radius 2 is 1.73 bits per heavy atom. The second-order valence-electron chi connectivity index (χ2n) is 6.70. The SMILES string of the molecule is COc1ccc(Br)cc1C=CC(=O)N1CCN(S(=O)(=O)C=Cc2ccccc2)CC1. The molecular formula is C22H23BrN2O4S. The van der Waals surface area contributed by atoms with Crippen molar-refractivity contribution in [2.24, 2.45) is 0 Å². The Kier molecular flexibility index (Phi) is 7.47. The van der Waals surface area contributed by atoms with Crippen LogP contribution in [0.1, 0.15) is 11.1 Å². The van der Waals surface area contributed by atoms with Crippen LogP contribution >= 0.6 is 15.9 Å². The van der Waals surface area contributed by atoms with E-state index in [-0.39, 0.29) is 19.0 Å². The van der Waals surface area contributed by atoms with Gasteiger partial charge in [0.15, 0.2) is 0 Å². The summed E-state index contributed by atoms with van der Waals surface area (Å²) in [5.74, 6) is 0.511. The average Bonchev–Trinajstić information content (AvgIpc) is 2.77. The third kappa shape index (κ3) is 5.81. The van der Waals surface area contributed by atoms with Gasteiger partial charge in [-0.1, -0.05) is 46.3 Å². The largest absolute Gasteiger partial charge is 0.496 e. The molecule has 1 fully saturated rings. The Morgan fingerprint density at radius 3 is 2.40 bits per heavy atom. The van der Waals surface area contributed by atoms with Gasteiger partial charge in [-0.25, -0.2) is 8.42 Å². The highest BCUT2D eigenvalue weighted by Gasteiger charge is 2.26. The van der Waals surface area contributed by atoms with Gasteiger partial charge in [-0.2, -0.15) is 4.31 Å². The number of methoxy groups -OCH3 is 1. The molecule has 0 aliphatic carbocycles. The van der Waals surface area contributed by atoms with Crippen molar-refractivity contribution in [1.82, 2.24) is 9.21 Å². The van der Waals surface area contributed by atoms with Gasteiger partial charge in [-0.15, -0.1) is 0 Å². The van der Waals surface area contributed by atoms with Crippen LogP contribution in [0.15, 0.2) is 64.5 Å². The molecule has 0 radical (unpaired) electrons. The van der Waals surface area contributed by atoms with Crippen LogP contribution in [-0.4, -0.2) is 56.8 Å². The summed E-state index contributed by atoms with van der Waals surface area (Å²) in [5, 5.41) is 1.22. The van der Waals surface area contributed by atoms with Gasteiger partial charge >= 0.3 is 0 Å². The van der Waals surface area contributed by atoms with Crippen molar-refractivity contribution in [1.29, 1.82) is 0 Å². The van der Waals surface area contributed by atoms with Crippen molar-refractivity contribution in [3.8, 4) is 5.75 Å². The first-order chi connectivity index (χ1) is 14.4. The van der Waals surface area contributed by atoms with E-state index in [1.807, 2.05) is 48.5 Å². The van der Waals surface area contributed by atoms with Crippen LogP contribution in [0.25, 0.3) is 12.2 Å². The lowest BCUT2D eigenvalue weighted by molar-refractivity contribution is -0.127. The van der Waals surface area contributed by atoms with Crippen LogP contribution in [0.2, 0.25) is 0 Å². The van der Waals surface area contributed by atoms with E-state index in [4.69, 9.17) is 4.74 Å². The first-order valence-corrected chi connectivity index (χ1v) is 11.7. The minimum absolute atomic E-state index is 0.158. The predicted octanol–water partition coefficient (Wildman–Crippen LogP) is 3.62. The summed E-state index contributed by atoms with van der Waals surface area (Å²) in [4.78, 5) is 14.2. The molecule has 0 saturated carbocycles. The van der Waals surface area contributed by atoms with E-state index in [9.17, 15) is 13.2 Å². The standard InChI is InChI=1S/C22H23BrN2O4S/c1-29-21-9-8-20(23)17-19(21)7-10-22(26)24-12-14-25(15-13-24)30(27,28)16-11-18-5-3-2-4-6-18/h2-11,16-17H,12-15H2,1H3. The zero-order valence-corrected chi connectivity index (χ0v) is 19.0. The van der Waals surface area contributed by atoms with Gasteiger partial charge in [0, 0.05) is 47.7 Å². The number of piperazine rings is 1. The number of amides is 1. The van der Waals surface area contributed by atoms with E-state index >= 15 is 0 Å². The number of hydrogen-bond acceptors (Lipinski definition) is 4. The third-order valence-corrected chi connectivity index (χ3v) is 6.80. The van der Waals surface area contributed by atoms with Gasteiger partial charge in [0.25, 0.3) is 0 Å². The van der Waals surface area contributed by atoms with E-state index in [1.165, 1.54) is 15.8 Å². The maximum atomic E-state index is 12.6. The molecule has 30 heavy (non-hydrogen) atoms. The second kappa shape index (κ2) is 10.1. The molecule has 8 heteroatoms. The molecule has 0 bridgehead atoms. The normalized spacial score (nSPS) is 15.7. The highest BCUT2D eigenvalue weighted by molar-refractivity contribution is 9.10.